The Morgan fingerprint density at radius 2 is 1.89 bits per heavy atom. The molecule has 28 heavy (non-hydrogen) atoms. The zero-order valence-electron chi connectivity index (χ0n) is 16.1. The number of aryl methyl sites for hydroxylation is 1. The summed E-state index contributed by atoms with van der Waals surface area (Å²) in [5.41, 5.74) is 2.58. The molecule has 0 aliphatic heterocycles. The molecule has 7 nitrogen and oxygen atoms in total. The summed E-state index contributed by atoms with van der Waals surface area (Å²) in [6.45, 7) is 3.07. The van der Waals surface area contributed by atoms with Gasteiger partial charge in [-0.25, -0.2) is 4.98 Å². The van der Waals surface area contributed by atoms with Gasteiger partial charge in [-0.2, -0.15) is 0 Å². The van der Waals surface area contributed by atoms with Gasteiger partial charge in [-0.15, -0.1) is 0 Å². The number of fused-ring (bicyclic) bond motifs is 1. The number of carbonyl (C=O) groups is 2. The van der Waals surface area contributed by atoms with Crippen LogP contribution in [0, 0.1) is 0 Å². The zero-order valence-corrected chi connectivity index (χ0v) is 16.1. The van der Waals surface area contributed by atoms with Gasteiger partial charge < -0.3 is 15.4 Å². The van der Waals surface area contributed by atoms with Gasteiger partial charge in [0.25, 0.3) is 11.8 Å². The largest absolute Gasteiger partial charge is 0.385 e. The first kappa shape index (κ1) is 19.6. The zero-order chi connectivity index (χ0) is 19.9. The summed E-state index contributed by atoms with van der Waals surface area (Å²) in [4.78, 5) is 29.8. The Morgan fingerprint density at radius 1 is 1.11 bits per heavy atom. The number of amides is 2. The van der Waals surface area contributed by atoms with E-state index in [1.54, 1.807) is 29.8 Å². The molecule has 2 N–H and O–H groups in total. The highest BCUT2D eigenvalue weighted by Crippen LogP contribution is 2.19. The van der Waals surface area contributed by atoms with Crippen LogP contribution >= 0.6 is 0 Å². The van der Waals surface area contributed by atoms with Crippen LogP contribution in [0.4, 0.5) is 5.69 Å². The maximum atomic E-state index is 12.9. The molecule has 1 aromatic carbocycles. The number of hydrogen-bond donors (Lipinski definition) is 2. The molecule has 0 saturated heterocycles. The van der Waals surface area contributed by atoms with Crippen LogP contribution in [0.1, 0.15) is 40.0 Å². The Balaban J connectivity index is 1.87. The SMILES string of the molecule is CCc1ccccc1NC(=O)c1nc(C(=O)NCCCOC)n2ccccc12. The summed E-state index contributed by atoms with van der Waals surface area (Å²) in [5.74, 6) is -0.490. The van der Waals surface area contributed by atoms with Gasteiger partial charge in [0.05, 0.1) is 5.52 Å². The number of carbonyl (C=O) groups excluding carboxylic acids is 2. The van der Waals surface area contributed by atoms with E-state index in [0.29, 0.717) is 25.1 Å². The predicted octanol–water partition coefficient (Wildman–Crippen LogP) is 2.92. The number of para-hydroxylation sites is 1. The van der Waals surface area contributed by atoms with Gasteiger partial charge in [-0.1, -0.05) is 31.2 Å². The predicted molar refractivity (Wildman–Crippen MR) is 108 cm³/mol. The van der Waals surface area contributed by atoms with Crippen molar-refractivity contribution in [2.75, 3.05) is 25.6 Å². The molecular formula is C21H24N4O3. The lowest BCUT2D eigenvalue weighted by Gasteiger charge is -2.08. The molecule has 0 radical (unpaired) electrons. The van der Waals surface area contributed by atoms with Gasteiger partial charge in [0.15, 0.2) is 5.69 Å². The number of anilines is 1. The molecule has 2 aromatic heterocycles. The van der Waals surface area contributed by atoms with E-state index in [9.17, 15) is 9.59 Å². The lowest BCUT2D eigenvalue weighted by Crippen LogP contribution is -2.27. The van der Waals surface area contributed by atoms with Crippen LogP contribution in [-0.4, -0.2) is 41.5 Å². The Hall–Kier alpha value is -3.19. The number of aromatic nitrogens is 2. The lowest BCUT2D eigenvalue weighted by atomic mass is 10.1. The molecule has 146 valence electrons. The number of methoxy groups -OCH3 is 1. The topological polar surface area (TPSA) is 84.7 Å². The van der Waals surface area contributed by atoms with Crippen molar-refractivity contribution < 1.29 is 14.3 Å². The average Bonchev–Trinajstić information content (AvgIpc) is 3.11. The number of hydrogen-bond acceptors (Lipinski definition) is 4. The molecule has 0 unspecified atom stereocenters. The molecule has 0 spiro atoms. The molecule has 2 heterocycles. The van der Waals surface area contributed by atoms with Crippen molar-refractivity contribution in [1.29, 1.82) is 0 Å². The van der Waals surface area contributed by atoms with Crippen molar-refractivity contribution in [3.05, 3.63) is 65.7 Å². The van der Waals surface area contributed by atoms with Gasteiger partial charge in [-0.3, -0.25) is 14.0 Å². The Morgan fingerprint density at radius 3 is 2.68 bits per heavy atom. The van der Waals surface area contributed by atoms with Crippen LogP contribution in [0.15, 0.2) is 48.7 Å². The fourth-order valence-corrected chi connectivity index (χ4v) is 2.99. The summed E-state index contributed by atoms with van der Waals surface area (Å²) in [7, 11) is 1.62. The maximum absolute atomic E-state index is 12.9. The molecule has 0 bridgehead atoms. The molecule has 2 amide bonds. The third-order valence-corrected chi connectivity index (χ3v) is 4.42. The van der Waals surface area contributed by atoms with Crippen LogP contribution in [-0.2, 0) is 11.2 Å². The lowest BCUT2D eigenvalue weighted by molar-refractivity contribution is 0.0937. The minimum absolute atomic E-state index is 0.182. The first-order valence-electron chi connectivity index (χ1n) is 9.29. The summed E-state index contributed by atoms with van der Waals surface area (Å²) in [5, 5.41) is 5.73. The molecule has 0 saturated carbocycles. The highest BCUT2D eigenvalue weighted by atomic mass is 16.5. The van der Waals surface area contributed by atoms with Gasteiger partial charge in [0.1, 0.15) is 0 Å². The number of pyridine rings is 1. The van der Waals surface area contributed by atoms with Crippen LogP contribution in [0.25, 0.3) is 5.52 Å². The number of ether oxygens (including phenoxy) is 1. The minimum atomic E-state index is -0.344. The number of rotatable bonds is 8. The van der Waals surface area contributed by atoms with E-state index in [0.717, 1.165) is 17.7 Å². The molecule has 0 atom stereocenters. The van der Waals surface area contributed by atoms with Crippen LogP contribution in [0.3, 0.4) is 0 Å². The van der Waals surface area contributed by atoms with Crippen molar-refractivity contribution in [3.63, 3.8) is 0 Å². The molecule has 0 aliphatic carbocycles. The number of benzene rings is 1. The van der Waals surface area contributed by atoms with Gasteiger partial charge in [0, 0.05) is 32.1 Å². The highest BCUT2D eigenvalue weighted by Gasteiger charge is 2.21. The molecule has 0 aliphatic rings. The van der Waals surface area contributed by atoms with Crippen molar-refractivity contribution in [3.8, 4) is 0 Å². The first-order valence-corrected chi connectivity index (χ1v) is 9.29. The van der Waals surface area contributed by atoms with Crippen molar-refractivity contribution in [2.24, 2.45) is 0 Å². The second-order valence-electron chi connectivity index (χ2n) is 6.31. The van der Waals surface area contributed by atoms with E-state index < -0.39 is 0 Å². The van der Waals surface area contributed by atoms with Crippen LogP contribution in [0.2, 0.25) is 0 Å². The first-order chi connectivity index (χ1) is 13.7. The second kappa shape index (κ2) is 9.14. The van der Waals surface area contributed by atoms with E-state index in [2.05, 4.69) is 15.6 Å². The van der Waals surface area contributed by atoms with Crippen molar-refractivity contribution in [1.82, 2.24) is 14.7 Å². The third-order valence-electron chi connectivity index (χ3n) is 4.42. The average molecular weight is 380 g/mol. The number of nitrogens with zero attached hydrogens (tertiary/aromatic N) is 2. The number of nitrogens with one attached hydrogen (secondary N) is 2. The van der Waals surface area contributed by atoms with E-state index in [-0.39, 0.29) is 23.3 Å². The fraction of sp³-hybridized carbons (Fsp3) is 0.286. The monoisotopic (exact) mass is 380 g/mol. The van der Waals surface area contributed by atoms with E-state index in [4.69, 9.17) is 4.74 Å². The van der Waals surface area contributed by atoms with Crippen molar-refractivity contribution in [2.45, 2.75) is 19.8 Å². The Labute approximate surface area is 163 Å². The molecule has 0 fully saturated rings. The van der Waals surface area contributed by atoms with Gasteiger partial charge in [0.2, 0.25) is 5.82 Å². The maximum Gasteiger partial charge on any atom is 0.287 e. The normalized spacial score (nSPS) is 10.8. The fourth-order valence-electron chi connectivity index (χ4n) is 2.99. The van der Waals surface area contributed by atoms with Crippen LogP contribution in [0.5, 0.6) is 0 Å². The molecule has 7 heteroatoms. The molecule has 3 aromatic rings. The van der Waals surface area contributed by atoms with Gasteiger partial charge >= 0.3 is 0 Å². The highest BCUT2D eigenvalue weighted by molar-refractivity contribution is 6.09. The summed E-state index contributed by atoms with van der Waals surface area (Å²) >= 11 is 0. The summed E-state index contributed by atoms with van der Waals surface area (Å²) in [6, 6.07) is 13.0. The van der Waals surface area contributed by atoms with Crippen LogP contribution < -0.4 is 10.6 Å². The summed E-state index contributed by atoms with van der Waals surface area (Å²) < 4.78 is 6.62. The summed E-state index contributed by atoms with van der Waals surface area (Å²) in [6.07, 6.45) is 3.23. The van der Waals surface area contributed by atoms with E-state index in [1.807, 2.05) is 37.3 Å². The quantitative estimate of drug-likeness (QED) is 0.589. The standard InChI is InChI=1S/C21H24N4O3/c1-3-15-9-4-5-10-16(15)23-20(26)18-17-11-6-7-13-25(17)19(24-18)21(27)22-12-8-14-28-2/h4-7,9-11,13H,3,8,12,14H2,1-2H3,(H,22,27)(H,23,26). The smallest absolute Gasteiger partial charge is 0.287 e. The van der Waals surface area contributed by atoms with E-state index >= 15 is 0 Å². The Kier molecular flexibility index (Phi) is 6.39. The molecular weight excluding hydrogens is 356 g/mol. The third kappa shape index (κ3) is 4.20. The number of imidazole rings is 1. The second-order valence-corrected chi connectivity index (χ2v) is 6.31. The Bertz CT molecular complexity index is 981. The minimum Gasteiger partial charge on any atom is -0.385 e. The van der Waals surface area contributed by atoms with Gasteiger partial charge in [-0.05, 0) is 36.6 Å². The van der Waals surface area contributed by atoms with Crippen molar-refractivity contribution >= 4 is 23.0 Å². The van der Waals surface area contributed by atoms with E-state index in [1.165, 1.54) is 0 Å². The molecule has 3 rings (SSSR count).